The summed E-state index contributed by atoms with van der Waals surface area (Å²) in [5, 5.41) is 4.08. The molecule has 1 heterocycles. The standard InChI is InChI=1S/C18H23NO4S/c1-21-8-7-19(12-15-6-9-24-13-15)18(20)11-14-4-5-16(22-2)17(10-14)23-3/h4-6,9-10,13H,7-8,11-12H2,1-3H3. The number of rotatable bonds is 9. The molecule has 130 valence electrons. The molecule has 1 aromatic carbocycles. The minimum Gasteiger partial charge on any atom is -0.493 e. The Labute approximate surface area is 146 Å². The number of carbonyl (C=O) groups excluding carboxylic acids is 1. The van der Waals surface area contributed by atoms with Gasteiger partial charge in [0.1, 0.15) is 0 Å². The molecule has 2 aromatic rings. The summed E-state index contributed by atoms with van der Waals surface area (Å²) in [6, 6.07) is 7.59. The Morgan fingerprint density at radius 2 is 1.88 bits per heavy atom. The molecule has 5 nitrogen and oxygen atoms in total. The van der Waals surface area contributed by atoms with Gasteiger partial charge in [-0.1, -0.05) is 6.07 Å². The topological polar surface area (TPSA) is 48.0 Å². The van der Waals surface area contributed by atoms with Crippen molar-refractivity contribution in [3.05, 3.63) is 46.2 Å². The van der Waals surface area contributed by atoms with Gasteiger partial charge < -0.3 is 19.1 Å². The van der Waals surface area contributed by atoms with Gasteiger partial charge in [-0.2, -0.15) is 11.3 Å². The van der Waals surface area contributed by atoms with Crippen LogP contribution in [0.4, 0.5) is 0 Å². The van der Waals surface area contributed by atoms with Crippen molar-refractivity contribution in [1.82, 2.24) is 4.90 Å². The molecule has 0 saturated heterocycles. The first kappa shape index (κ1) is 18.3. The number of amides is 1. The first-order valence-electron chi connectivity index (χ1n) is 7.66. The van der Waals surface area contributed by atoms with Gasteiger partial charge >= 0.3 is 0 Å². The highest BCUT2D eigenvalue weighted by atomic mass is 32.1. The van der Waals surface area contributed by atoms with Crippen LogP contribution in [0.3, 0.4) is 0 Å². The van der Waals surface area contributed by atoms with Gasteiger partial charge in [0.15, 0.2) is 11.5 Å². The summed E-state index contributed by atoms with van der Waals surface area (Å²) in [6.07, 6.45) is 0.314. The molecule has 0 aliphatic carbocycles. The molecule has 1 amide bonds. The van der Waals surface area contributed by atoms with E-state index in [-0.39, 0.29) is 5.91 Å². The van der Waals surface area contributed by atoms with E-state index < -0.39 is 0 Å². The summed E-state index contributed by atoms with van der Waals surface area (Å²) < 4.78 is 15.7. The van der Waals surface area contributed by atoms with E-state index >= 15 is 0 Å². The average molecular weight is 349 g/mol. The zero-order valence-corrected chi connectivity index (χ0v) is 15.1. The van der Waals surface area contributed by atoms with Crippen molar-refractivity contribution in [3.63, 3.8) is 0 Å². The van der Waals surface area contributed by atoms with E-state index in [4.69, 9.17) is 14.2 Å². The van der Waals surface area contributed by atoms with Crippen LogP contribution in [0, 0.1) is 0 Å². The largest absolute Gasteiger partial charge is 0.493 e. The average Bonchev–Trinajstić information content (AvgIpc) is 3.11. The van der Waals surface area contributed by atoms with Gasteiger partial charge in [0.25, 0.3) is 0 Å². The van der Waals surface area contributed by atoms with Crippen molar-refractivity contribution < 1.29 is 19.0 Å². The van der Waals surface area contributed by atoms with Crippen LogP contribution in [0.1, 0.15) is 11.1 Å². The predicted molar refractivity (Wildman–Crippen MR) is 94.9 cm³/mol. The predicted octanol–water partition coefficient (Wildman–Crippen LogP) is 2.98. The maximum absolute atomic E-state index is 12.7. The molecule has 2 rings (SSSR count). The van der Waals surface area contributed by atoms with Crippen molar-refractivity contribution in [2.75, 3.05) is 34.5 Å². The lowest BCUT2D eigenvalue weighted by Gasteiger charge is -2.22. The number of ether oxygens (including phenoxy) is 3. The van der Waals surface area contributed by atoms with Gasteiger partial charge in [0.05, 0.1) is 27.2 Å². The third-order valence-electron chi connectivity index (χ3n) is 3.67. The molecule has 0 N–H and O–H groups in total. The summed E-state index contributed by atoms with van der Waals surface area (Å²) in [6.45, 7) is 1.68. The van der Waals surface area contributed by atoms with Crippen LogP contribution < -0.4 is 9.47 Å². The lowest BCUT2D eigenvalue weighted by Crippen LogP contribution is -2.34. The zero-order chi connectivity index (χ0) is 17.4. The van der Waals surface area contributed by atoms with Crippen LogP contribution in [-0.4, -0.2) is 45.3 Å². The zero-order valence-electron chi connectivity index (χ0n) is 14.3. The van der Waals surface area contributed by atoms with Crippen molar-refractivity contribution in [2.24, 2.45) is 0 Å². The molecule has 0 bridgehead atoms. The van der Waals surface area contributed by atoms with E-state index in [0.29, 0.717) is 37.6 Å². The Balaban J connectivity index is 2.08. The van der Waals surface area contributed by atoms with Crippen molar-refractivity contribution in [3.8, 4) is 11.5 Å². The molecule has 0 aliphatic heterocycles. The number of benzene rings is 1. The van der Waals surface area contributed by atoms with Gasteiger partial charge in [-0.25, -0.2) is 0 Å². The van der Waals surface area contributed by atoms with Gasteiger partial charge in [-0.3, -0.25) is 4.79 Å². The van der Waals surface area contributed by atoms with E-state index in [9.17, 15) is 4.79 Å². The molecule has 1 aromatic heterocycles. The van der Waals surface area contributed by atoms with Gasteiger partial charge in [0.2, 0.25) is 5.91 Å². The van der Waals surface area contributed by atoms with Crippen LogP contribution in [-0.2, 0) is 22.5 Å². The van der Waals surface area contributed by atoms with Crippen molar-refractivity contribution in [1.29, 1.82) is 0 Å². The molecule has 0 saturated carbocycles. The van der Waals surface area contributed by atoms with E-state index in [0.717, 1.165) is 11.1 Å². The highest BCUT2D eigenvalue weighted by molar-refractivity contribution is 7.07. The quantitative estimate of drug-likeness (QED) is 0.698. The van der Waals surface area contributed by atoms with Crippen LogP contribution in [0.5, 0.6) is 11.5 Å². The number of methoxy groups -OCH3 is 3. The molecule has 24 heavy (non-hydrogen) atoms. The smallest absolute Gasteiger partial charge is 0.227 e. The number of carbonyl (C=O) groups is 1. The minimum absolute atomic E-state index is 0.0606. The van der Waals surface area contributed by atoms with Crippen LogP contribution in [0.25, 0.3) is 0 Å². The van der Waals surface area contributed by atoms with Gasteiger partial charge in [-0.15, -0.1) is 0 Å². The SMILES string of the molecule is COCCN(Cc1ccsc1)C(=O)Cc1ccc(OC)c(OC)c1. The van der Waals surface area contributed by atoms with Crippen molar-refractivity contribution in [2.45, 2.75) is 13.0 Å². The fourth-order valence-electron chi connectivity index (χ4n) is 2.37. The van der Waals surface area contributed by atoms with E-state index in [1.807, 2.05) is 34.5 Å². The fraction of sp³-hybridized carbons (Fsp3) is 0.389. The Morgan fingerprint density at radius 3 is 2.50 bits per heavy atom. The first-order chi connectivity index (χ1) is 11.7. The Morgan fingerprint density at radius 1 is 1.08 bits per heavy atom. The Hall–Kier alpha value is -2.05. The molecule has 6 heteroatoms. The summed E-state index contributed by atoms with van der Waals surface area (Å²) in [5.74, 6) is 1.35. The molecule has 0 unspecified atom stereocenters. The molecule has 0 spiro atoms. The Bertz CT molecular complexity index is 642. The molecule has 0 fully saturated rings. The number of hydrogen-bond donors (Lipinski definition) is 0. The minimum atomic E-state index is 0.0606. The van der Waals surface area contributed by atoms with Crippen LogP contribution >= 0.6 is 11.3 Å². The highest BCUT2D eigenvalue weighted by Gasteiger charge is 2.16. The lowest BCUT2D eigenvalue weighted by molar-refractivity contribution is -0.131. The number of thiophene rings is 1. The van der Waals surface area contributed by atoms with Crippen LogP contribution in [0.15, 0.2) is 35.0 Å². The second-order valence-corrected chi connectivity index (χ2v) is 6.09. The summed E-state index contributed by atoms with van der Waals surface area (Å²) >= 11 is 1.63. The van der Waals surface area contributed by atoms with E-state index in [2.05, 4.69) is 5.38 Å². The van der Waals surface area contributed by atoms with E-state index in [1.165, 1.54) is 0 Å². The molecule has 0 radical (unpaired) electrons. The molecule has 0 aliphatic rings. The first-order valence-corrected chi connectivity index (χ1v) is 8.61. The second-order valence-electron chi connectivity index (χ2n) is 5.31. The van der Waals surface area contributed by atoms with E-state index in [1.54, 1.807) is 32.7 Å². The summed E-state index contributed by atoms with van der Waals surface area (Å²) in [7, 11) is 4.82. The normalized spacial score (nSPS) is 10.5. The molecular weight excluding hydrogens is 326 g/mol. The monoisotopic (exact) mass is 349 g/mol. The number of nitrogens with zero attached hydrogens (tertiary/aromatic N) is 1. The molecular formula is C18H23NO4S. The number of hydrogen-bond acceptors (Lipinski definition) is 5. The second kappa shape index (κ2) is 9.30. The highest BCUT2D eigenvalue weighted by Crippen LogP contribution is 2.28. The third kappa shape index (κ3) is 4.97. The summed E-state index contributed by atoms with van der Waals surface area (Å²) in [4.78, 5) is 14.5. The van der Waals surface area contributed by atoms with Crippen LogP contribution in [0.2, 0.25) is 0 Å². The molecule has 0 atom stereocenters. The maximum Gasteiger partial charge on any atom is 0.227 e. The maximum atomic E-state index is 12.7. The lowest BCUT2D eigenvalue weighted by atomic mass is 10.1. The van der Waals surface area contributed by atoms with Gasteiger partial charge in [0, 0.05) is 20.2 Å². The third-order valence-corrected chi connectivity index (χ3v) is 4.41. The summed E-state index contributed by atoms with van der Waals surface area (Å²) in [5.41, 5.74) is 2.03. The Kier molecular flexibility index (Phi) is 7.08. The van der Waals surface area contributed by atoms with Gasteiger partial charge in [-0.05, 0) is 40.1 Å². The fourth-order valence-corrected chi connectivity index (χ4v) is 3.03. The van der Waals surface area contributed by atoms with Crippen molar-refractivity contribution >= 4 is 17.2 Å².